The van der Waals surface area contributed by atoms with Crippen molar-refractivity contribution in [3.63, 3.8) is 0 Å². The van der Waals surface area contributed by atoms with Crippen LogP contribution in [-0.2, 0) is 30.5 Å². The van der Waals surface area contributed by atoms with Crippen LogP contribution in [-0.4, -0.2) is 17.6 Å². The van der Waals surface area contributed by atoms with Crippen molar-refractivity contribution < 1.29 is 9.90 Å². The van der Waals surface area contributed by atoms with Crippen molar-refractivity contribution in [2.75, 3.05) is 11.4 Å². The zero-order valence-electron chi connectivity index (χ0n) is 27.5. The molecule has 4 nitrogen and oxygen atoms in total. The summed E-state index contributed by atoms with van der Waals surface area (Å²) < 4.78 is 0. The number of nitrogens with zero attached hydrogens (tertiary/aromatic N) is 2. The minimum absolute atomic E-state index is 0.205. The Labute approximate surface area is 283 Å². The minimum Gasteiger partial charge on any atom is -0.477 e. The Bertz CT molecular complexity index is 1720. The molecule has 1 aliphatic rings. The molecule has 1 N–H and O–H groups in total. The van der Waals surface area contributed by atoms with Crippen LogP contribution in [0.25, 0.3) is 26.3 Å². The van der Waals surface area contributed by atoms with E-state index in [1.165, 1.54) is 80.4 Å². The molecular weight excluding hydrogens is 605 g/mol. The number of rotatable bonds is 15. The summed E-state index contributed by atoms with van der Waals surface area (Å²) in [4.78, 5) is 18.9. The van der Waals surface area contributed by atoms with E-state index >= 15 is 0 Å². The highest BCUT2D eigenvalue weighted by Gasteiger charge is 2.22. The second kappa shape index (κ2) is 16.3. The molecule has 2 aromatic carbocycles. The van der Waals surface area contributed by atoms with Gasteiger partial charge in [0, 0.05) is 37.4 Å². The summed E-state index contributed by atoms with van der Waals surface area (Å²) in [6.45, 7) is 7.62. The number of fused-ring (bicyclic) bond motifs is 2. The molecule has 0 spiro atoms. The molecule has 0 saturated carbocycles. The molecular formula is C40H46N2O2S2. The van der Waals surface area contributed by atoms with Crippen LogP contribution in [0, 0.1) is 11.3 Å². The number of hydrogen-bond donors (Lipinski definition) is 1. The number of hydrogen-bond acceptors (Lipinski definition) is 5. The molecule has 0 saturated heterocycles. The lowest BCUT2D eigenvalue weighted by Crippen LogP contribution is -2.17. The standard InChI is InChI=1S/C40H46N2O2S2/c1-4-7-9-11-16-30-24-38(45-36(30)26-33(27-41)40(43)44)39-32(17-12-10-8-5-2)25-37(46-39)31-21-22-35-29(23-31)20-19-28-15-13-14-18-34(28)42(35)6-3/h13-15,18,21-26H,4-12,16-17,19-20H2,1-3H3,(H,43,44)/b33-26+. The highest BCUT2D eigenvalue weighted by atomic mass is 32.1. The average molecular weight is 651 g/mol. The fourth-order valence-electron chi connectivity index (χ4n) is 6.52. The van der Waals surface area contributed by atoms with Crippen LogP contribution in [0.2, 0.25) is 0 Å². The first-order valence-electron chi connectivity index (χ1n) is 17.1. The number of para-hydroxylation sites is 1. The van der Waals surface area contributed by atoms with E-state index in [2.05, 4.69) is 80.3 Å². The number of carboxylic acid groups (broad SMARTS) is 1. The maximum Gasteiger partial charge on any atom is 0.346 e. The number of aryl methyl sites for hydroxylation is 4. The summed E-state index contributed by atoms with van der Waals surface area (Å²) in [6, 6.07) is 22.4. The quantitative estimate of drug-likeness (QED) is 0.0790. The van der Waals surface area contributed by atoms with Crippen molar-refractivity contribution in [3.05, 3.63) is 87.3 Å². The van der Waals surface area contributed by atoms with Crippen LogP contribution >= 0.6 is 22.7 Å². The molecule has 4 aromatic rings. The highest BCUT2D eigenvalue weighted by Crippen LogP contribution is 2.45. The van der Waals surface area contributed by atoms with Crippen LogP contribution in [0.15, 0.2) is 60.2 Å². The lowest BCUT2D eigenvalue weighted by molar-refractivity contribution is -0.132. The van der Waals surface area contributed by atoms with Crippen molar-refractivity contribution in [2.24, 2.45) is 0 Å². The lowest BCUT2D eigenvalue weighted by Gasteiger charge is -2.25. The first kappa shape index (κ1) is 33.7. The molecule has 0 unspecified atom stereocenters. The van der Waals surface area contributed by atoms with Crippen LogP contribution in [0.1, 0.15) is 99.3 Å². The first-order chi connectivity index (χ1) is 22.5. The fourth-order valence-corrected chi connectivity index (χ4v) is 9.02. The molecule has 0 radical (unpaired) electrons. The second-order valence-corrected chi connectivity index (χ2v) is 14.4. The van der Waals surface area contributed by atoms with Gasteiger partial charge >= 0.3 is 5.97 Å². The van der Waals surface area contributed by atoms with Gasteiger partial charge in [0.15, 0.2) is 0 Å². The molecule has 5 rings (SSSR count). The van der Waals surface area contributed by atoms with Crippen molar-refractivity contribution >= 4 is 46.1 Å². The van der Waals surface area contributed by atoms with Gasteiger partial charge in [0.2, 0.25) is 0 Å². The first-order valence-corrected chi connectivity index (χ1v) is 18.7. The van der Waals surface area contributed by atoms with Crippen molar-refractivity contribution in [1.82, 2.24) is 0 Å². The normalized spacial score (nSPS) is 12.8. The number of nitriles is 1. The lowest BCUT2D eigenvalue weighted by atomic mass is 10.0. The molecule has 0 atom stereocenters. The molecule has 0 bridgehead atoms. The number of carbonyl (C=O) groups is 1. The molecule has 0 fully saturated rings. The highest BCUT2D eigenvalue weighted by molar-refractivity contribution is 7.24. The van der Waals surface area contributed by atoms with Gasteiger partial charge in [-0.2, -0.15) is 5.26 Å². The number of carboxylic acids is 1. The Morgan fingerprint density at radius 3 is 2.20 bits per heavy atom. The largest absolute Gasteiger partial charge is 0.477 e. The van der Waals surface area contributed by atoms with Crippen LogP contribution in [0.5, 0.6) is 0 Å². The molecule has 6 heteroatoms. The predicted octanol–water partition coefficient (Wildman–Crippen LogP) is 11.6. The maximum atomic E-state index is 11.7. The van der Waals surface area contributed by atoms with Gasteiger partial charge in [0.25, 0.3) is 0 Å². The maximum absolute atomic E-state index is 11.7. The Kier molecular flexibility index (Phi) is 11.9. The van der Waals surface area contributed by atoms with Gasteiger partial charge in [0.05, 0.1) is 0 Å². The smallest absolute Gasteiger partial charge is 0.346 e. The zero-order chi connectivity index (χ0) is 32.5. The molecule has 2 aromatic heterocycles. The van der Waals surface area contributed by atoms with E-state index < -0.39 is 5.97 Å². The summed E-state index contributed by atoms with van der Waals surface area (Å²) in [6.07, 6.45) is 15.0. The zero-order valence-corrected chi connectivity index (χ0v) is 29.2. The third-order valence-corrected chi connectivity index (χ3v) is 11.5. The van der Waals surface area contributed by atoms with E-state index in [-0.39, 0.29) is 5.57 Å². The summed E-state index contributed by atoms with van der Waals surface area (Å²) in [7, 11) is 0. The van der Waals surface area contributed by atoms with Gasteiger partial charge in [-0.1, -0.05) is 76.6 Å². The summed E-state index contributed by atoms with van der Waals surface area (Å²) in [5, 5.41) is 19.1. The van der Waals surface area contributed by atoms with E-state index in [1.54, 1.807) is 17.4 Å². The topological polar surface area (TPSA) is 64.3 Å². The van der Waals surface area contributed by atoms with Gasteiger partial charge in [0.1, 0.15) is 11.6 Å². The number of unbranched alkanes of at least 4 members (excludes halogenated alkanes) is 6. The Hall–Kier alpha value is -3.66. The fraction of sp³-hybridized carbons (Fsp3) is 0.400. The van der Waals surface area contributed by atoms with Gasteiger partial charge in [-0.3, -0.25) is 0 Å². The Morgan fingerprint density at radius 1 is 0.826 bits per heavy atom. The number of thiophene rings is 2. The van der Waals surface area contributed by atoms with Gasteiger partial charge < -0.3 is 10.0 Å². The Morgan fingerprint density at radius 2 is 1.50 bits per heavy atom. The van der Waals surface area contributed by atoms with Gasteiger partial charge in [-0.05, 0) is 110 Å². The summed E-state index contributed by atoms with van der Waals surface area (Å²) in [5.41, 5.74) is 9.02. The summed E-state index contributed by atoms with van der Waals surface area (Å²) in [5.74, 6) is -1.17. The molecule has 0 aliphatic carbocycles. The molecule has 46 heavy (non-hydrogen) atoms. The van der Waals surface area contributed by atoms with E-state index in [4.69, 9.17) is 0 Å². The van der Waals surface area contributed by atoms with E-state index in [0.29, 0.717) is 0 Å². The van der Waals surface area contributed by atoms with Crippen molar-refractivity contribution in [2.45, 2.75) is 97.8 Å². The molecule has 240 valence electrons. The number of benzene rings is 2. The van der Waals surface area contributed by atoms with Gasteiger partial charge in [-0.25, -0.2) is 4.79 Å². The second-order valence-electron chi connectivity index (χ2n) is 12.3. The monoisotopic (exact) mass is 650 g/mol. The third kappa shape index (κ3) is 7.82. The number of aliphatic carboxylic acids is 1. The third-order valence-electron chi connectivity index (χ3n) is 9.02. The van der Waals surface area contributed by atoms with Crippen molar-refractivity contribution in [1.29, 1.82) is 5.26 Å². The average Bonchev–Trinajstić information content (AvgIpc) is 3.63. The molecule has 0 amide bonds. The Balaban J connectivity index is 1.54. The summed E-state index contributed by atoms with van der Waals surface area (Å²) >= 11 is 3.50. The van der Waals surface area contributed by atoms with E-state index in [0.717, 1.165) is 61.9 Å². The number of anilines is 2. The minimum atomic E-state index is -1.17. The molecule has 3 heterocycles. The van der Waals surface area contributed by atoms with Crippen LogP contribution < -0.4 is 4.90 Å². The van der Waals surface area contributed by atoms with E-state index in [1.807, 2.05) is 17.4 Å². The van der Waals surface area contributed by atoms with Crippen molar-refractivity contribution in [3.8, 4) is 26.3 Å². The SMILES string of the molecule is CCCCCCc1cc(-c2sc(-c3ccc4c(c3)CCc3ccccc3N4CC)cc2CCCCCC)sc1/C=C(\C#N)C(=O)O. The van der Waals surface area contributed by atoms with Crippen LogP contribution in [0.3, 0.4) is 0 Å². The predicted molar refractivity (Wildman–Crippen MR) is 197 cm³/mol. The van der Waals surface area contributed by atoms with Gasteiger partial charge in [-0.15, -0.1) is 22.7 Å². The van der Waals surface area contributed by atoms with Crippen LogP contribution in [0.4, 0.5) is 11.4 Å². The van der Waals surface area contributed by atoms with E-state index in [9.17, 15) is 15.2 Å². The molecule has 1 aliphatic heterocycles.